The van der Waals surface area contributed by atoms with Crippen LogP contribution >= 0.6 is 0 Å². The van der Waals surface area contributed by atoms with Crippen LogP contribution < -0.4 is 5.32 Å². The molecular formula is C22H35NO2. The van der Waals surface area contributed by atoms with E-state index in [2.05, 4.69) is 32.2 Å². The van der Waals surface area contributed by atoms with Crippen molar-refractivity contribution >= 4 is 5.91 Å². The molecule has 3 nitrogen and oxygen atoms in total. The lowest BCUT2D eigenvalue weighted by atomic mass is 9.48. The van der Waals surface area contributed by atoms with Gasteiger partial charge in [0.2, 0.25) is 5.91 Å². The van der Waals surface area contributed by atoms with Crippen LogP contribution in [0.4, 0.5) is 0 Å². The van der Waals surface area contributed by atoms with Gasteiger partial charge < -0.3 is 10.4 Å². The summed E-state index contributed by atoms with van der Waals surface area (Å²) in [5.74, 6) is 2.94. The first kappa shape index (κ1) is 17.6. The van der Waals surface area contributed by atoms with Gasteiger partial charge >= 0.3 is 0 Å². The molecule has 8 atom stereocenters. The number of aliphatic hydroxyl groups excluding tert-OH is 1. The Hall–Kier alpha value is -0.830. The van der Waals surface area contributed by atoms with Gasteiger partial charge in [-0.25, -0.2) is 0 Å². The Morgan fingerprint density at radius 1 is 1.24 bits per heavy atom. The summed E-state index contributed by atoms with van der Waals surface area (Å²) in [5.41, 5.74) is 2.10. The number of amides is 1. The van der Waals surface area contributed by atoms with Crippen molar-refractivity contribution < 1.29 is 9.90 Å². The highest BCUT2D eigenvalue weighted by Gasteiger charge is 2.60. The first-order chi connectivity index (χ1) is 11.8. The van der Waals surface area contributed by atoms with Gasteiger partial charge in [0.1, 0.15) is 0 Å². The second-order valence-corrected chi connectivity index (χ2v) is 10.1. The summed E-state index contributed by atoms with van der Waals surface area (Å²) in [6.07, 6.45) is 10.3. The summed E-state index contributed by atoms with van der Waals surface area (Å²) in [6, 6.07) is 0.335. The van der Waals surface area contributed by atoms with Crippen molar-refractivity contribution in [2.45, 2.75) is 84.8 Å². The molecule has 0 saturated heterocycles. The van der Waals surface area contributed by atoms with E-state index in [1.54, 1.807) is 12.5 Å². The van der Waals surface area contributed by atoms with Crippen LogP contribution in [0.3, 0.4) is 0 Å². The Kier molecular flexibility index (Phi) is 4.10. The van der Waals surface area contributed by atoms with Gasteiger partial charge in [-0.2, -0.15) is 0 Å². The Balaban J connectivity index is 1.64. The Morgan fingerprint density at radius 3 is 2.72 bits per heavy atom. The van der Waals surface area contributed by atoms with Crippen LogP contribution in [0.5, 0.6) is 0 Å². The summed E-state index contributed by atoms with van der Waals surface area (Å²) in [4.78, 5) is 11.8. The Labute approximate surface area is 152 Å². The molecule has 4 aliphatic carbocycles. The van der Waals surface area contributed by atoms with E-state index >= 15 is 0 Å². The molecule has 0 aliphatic heterocycles. The summed E-state index contributed by atoms with van der Waals surface area (Å²) >= 11 is 0. The van der Waals surface area contributed by atoms with Gasteiger partial charge in [0.25, 0.3) is 0 Å². The van der Waals surface area contributed by atoms with Crippen LogP contribution in [0, 0.1) is 34.5 Å². The molecule has 0 bridgehead atoms. The van der Waals surface area contributed by atoms with Crippen molar-refractivity contribution in [2.75, 3.05) is 0 Å². The number of hydrogen-bond donors (Lipinski definition) is 2. The number of rotatable bonds is 1. The molecule has 3 heteroatoms. The van der Waals surface area contributed by atoms with Crippen molar-refractivity contribution in [3.63, 3.8) is 0 Å². The molecule has 0 aromatic carbocycles. The standard InChI is InChI=1S/C22H35NO2/c1-13-11-19-17-6-5-15-12-16(25)7-9-21(15,3)18(17)8-10-22(19,4)20(13)23-14(2)24/h5,13,16-20,25H,6-12H2,1-4H3,(H,23,24)/t13-,16+,17-,18+,19+,20+,21+,22+/m1/s1. The number of nitrogens with one attached hydrogen (secondary N) is 1. The average molecular weight is 346 g/mol. The van der Waals surface area contributed by atoms with Crippen molar-refractivity contribution in [1.29, 1.82) is 0 Å². The summed E-state index contributed by atoms with van der Waals surface area (Å²) in [7, 11) is 0. The van der Waals surface area contributed by atoms with E-state index in [4.69, 9.17) is 0 Å². The van der Waals surface area contributed by atoms with E-state index in [-0.39, 0.29) is 17.4 Å². The zero-order valence-corrected chi connectivity index (χ0v) is 16.3. The fourth-order valence-electron chi connectivity index (χ4n) is 7.53. The topological polar surface area (TPSA) is 49.3 Å². The molecule has 0 heterocycles. The molecule has 25 heavy (non-hydrogen) atoms. The molecule has 3 fully saturated rings. The normalized spacial score (nSPS) is 51.8. The third-order valence-electron chi connectivity index (χ3n) is 8.78. The summed E-state index contributed by atoms with van der Waals surface area (Å²) in [6.45, 7) is 8.93. The van der Waals surface area contributed by atoms with Gasteiger partial charge in [-0.1, -0.05) is 32.4 Å². The molecule has 3 saturated carbocycles. The van der Waals surface area contributed by atoms with E-state index in [1.165, 1.54) is 25.7 Å². The SMILES string of the molecule is CC(=O)N[C@H]1[C@H](C)C[C@H]2[C@@H]3CC=C4C[C@@H](O)CC[C@]4(C)[C@H]3CC[C@@]21C. The van der Waals surface area contributed by atoms with Crippen LogP contribution in [0.2, 0.25) is 0 Å². The maximum absolute atomic E-state index is 11.8. The zero-order valence-electron chi connectivity index (χ0n) is 16.3. The van der Waals surface area contributed by atoms with Crippen molar-refractivity contribution in [3.8, 4) is 0 Å². The molecule has 4 rings (SSSR count). The van der Waals surface area contributed by atoms with Crippen LogP contribution in [0.25, 0.3) is 0 Å². The molecule has 0 aromatic rings. The van der Waals surface area contributed by atoms with Gasteiger partial charge in [0, 0.05) is 13.0 Å². The van der Waals surface area contributed by atoms with Crippen LogP contribution in [-0.2, 0) is 4.79 Å². The van der Waals surface area contributed by atoms with Gasteiger partial charge in [-0.05, 0) is 79.4 Å². The zero-order chi connectivity index (χ0) is 18.0. The second-order valence-electron chi connectivity index (χ2n) is 10.1. The number of allylic oxidation sites excluding steroid dienone is 1. The maximum Gasteiger partial charge on any atom is 0.217 e. The van der Waals surface area contributed by atoms with Crippen LogP contribution in [0.15, 0.2) is 11.6 Å². The summed E-state index contributed by atoms with van der Waals surface area (Å²) in [5, 5.41) is 13.4. The first-order valence-corrected chi connectivity index (χ1v) is 10.4. The first-order valence-electron chi connectivity index (χ1n) is 10.4. The largest absolute Gasteiger partial charge is 0.393 e. The molecule has 140 valence electrons. The lowest BCUT2D eigenvalue weighted by molar-refractivity contribution is -0.121. The quantitative estimate of drug-likeness (QED) is 0.704. The van der Waals surface area contributed by atoms with Gasteiger partial charge in [0.05, 0.1) is 6.10 Å². The van der Waals surface area contributed by atoms with Crippen molar-refractivity contribution in [2.24, 2.45) is 34.5 Å². The van der Waals surface area contributed by atoms with E-state index in [0.29, 0.717) is 17.4 Å². The fraction of sp³-hybridized carbons (Fsp3) is 0.864. The molecule has 0 radical (unpaired) electrons. The highest BCUT2D eigenvalue weighted by atomic mass is 16.3. The molecule has 0 unspecified atom stereocenters. The molecular weight excluding hydrogens is 310 g/mol. The van der Waals surface area contributed by atoms with E-state index < -0.39 is 0 Å². The Morgan fingerprint density at radius 2 is 2.00 bits per heavy atom. The van der Waals surface area contributed by atoms with E-state index in [9.17, 15) is 9.90 Å². The molecule has 0 spiro atoms. The monoisotopic (exact) mass is 345 g/mol. The second kappa shape index (κ2) is 5.84. The molecule has 1 amide bonds. The van der Waals surface area contributed by atoms with Crippen molar-refractivity contribution in [1.82, 2.24) is 5.32 Å². The maximum atomic E-state index is 11.8. The Bertz CT molecular complexity index is 599. The number of carbonyl (C=O) groups excluding carboxylic acids is 1. The minimum absolute atomic E-state index is 0.125. The van der Waals surface area contributed by atoms with Crippen LogP contribution in [0.1, 0.15) is 72.6 Å². The highest BCUT2D eigenvalue weighted by molar-refractivity contribution is 5.73. The fourth-order valence-corrected chi connectivity index (χ4v) is 7.53. The highest BCUT2D eigenvalue weighted by Crippen LogP contribution is 2.65. The third kappa shape index (κ3) is 2.52. The lowest BCUT2D eigenvalue weighted by Gasteiger charge is -2.58. The van der Waals surface area contributed by atoms with Crippen molar-refractivity contribution in [3.05, 3.63) is 11.6 Å². The number of hydrogen-bond acceptors (Lipinski definition) is 2. The molecule has 4 aliphatic rings. The predicted octanol–water partition coefficient (Wildman–Crippen LogP) is 4.06. The smallest absolute Gasteiger partial charge is 0.217 e. The summed E-state index contributed by atoms with van der Waals surface area (Å²) < 4.78 is 0. The van der Waals surface area contributed by atoms with E-state index in [1.807, 2.05) is 0 Å². The number of carbonyl (C=O) groups is 1. The number of fused-ring (bicyclic) bond motifs is 5. The minimum atomic E-state index is -0.125. The number of aliphatic hydroxyl groups is 1. The lowest BCUT2D eigenvalue weighted by Crippen LogP contribution is -2.54. The van der Waals surface area contributed by atoms with Crippen LogP contribution in [-0.4, -0.2) is 23.2 Å². The van der Waals surface area contributed by atoms with Gasteiger partial charge in [0.15, 0.2) is 0 Å². The van der Waals surface area contributed by atoms with Gasteiger partial charge in [-0.3, -0.25) is 4.79 Å². The third-order valence-corrected chi connectivity index (χ3v) is 8.78. The van der Waals surface area contributed by atoms with Gasteiger partial charge in [-0.15, -0.1) is 0 Å². The van der Waals surface area contributed by atoms with E-state index in [0.717, 1.165) is 37.0 Å². The molecule has 2 N–H and O–H groups in total. The minimum Gasteiger partial charge on any atom is -0.393 e. The average Bonchev–Trinajstić information content (AvgIpc) is 2.79. The predicted molar refractivity (Wildman–Crippen MR) is 99.9 cm³/mol. The molecule has 0 aromatic heterocycles.